The van der Waals surface area contributed by atoms with E-state index in [1.807, 2.05) is 42.5 Å². The molecule has 4 amide bonds. The van der Waals surface area contributed by atoms with Crippen molar-refractivity contribution in [3.63, 3.8) is 0 Å². The number of carbonyl (C=O) groups excluding carboxylic acids is 4. The van der Waals surface area contributed by atoms with Gasteiger partial charge in [-0.15, -0.1) is 11.3 Å². The minimum Gasteiger partial charge on any atom is -0.370 e. The fourth-order valence-corrected chi connectivity index (χ4v) is 7.11. The van der Waals surface area contributed by atoms with Crippen LogP contribution in [0.1, 0.15) is 51.3 Å². The molecule has 9 heteroatoms. The fourth-order valence-electron chi connectivity index (χ4n) is 6.06. The number of benzene rings is 2. The molecule has 0 aliphatic carbocycles. The molecule has 2 saturated heterocycles. The number of anilines is 1. The topological polar surface area (TPSA) is 104 Å². The zero-order chi connectivity index (χ0) is 26.4. The molecule has 3 aromatic rings. The Bertz CT molecular complexity index is 1420. The fraction of sp³-hybridized carbons (Fsp3) is 0.379. The van der Waals surface area contributed by atoms with Crippen molar-refractivity contribution in [3.8, 4) is 0 Å². The summed E-state index contributed by atoms with van der Waals surface area (Å²) in [7, 11) is 0. The number of nitrogens with two attached hydrogens (primary N) is 1. The summed E-state index contributed by atoms with van der Waals surface area (Å²) in [6.07, 6.45) is 3.06. The Balaban J connectivity index is 1.21. The Kier molecular flexibility index (Phi) is 6.39. The van der Waals surface area contributed by atoms with Crippen molar-refractivity contribution in [3.05, 3.63) is 64.5 Å². The smallest absolute Gasteiger partial charge is 0.264 e. The molecule has 2 N–H and O–H groups in total. The van der Waals surface area contributed by atoms with Crippen LogP contribution in [-0.4, -0.2) is 59.6 Å². The van der Waals surface area contributed by atoms with E-state index in [0.29, 0.717) is 43.0 Å². The first kappa shape index (κ1) is 24.6. The first-order valence-electron chi connectivity index (χ1n) is 13.2. The van der Waals surface area contributed by atoms with Crippen LogP contribution in [0.4, 0.5) is 5.69 Å². The summed E-state index contributed by atoms with van der Waals surface area (Å²) in [5.41, 5.74) is 7.08. The van der Waals surface area contributed by atoms with Gasteiger partial charge in [-0.1, -0.05) is 24.3 Å². The summed E-state index contributed by atoms with van der Waals surface area (Å²) in [6.45, 7) is 2.44. The second-order valence-electron chi connectivity index (χ2n) is 10.5. The number of piperidine rings is 2. The summed E-state index contributed by atoms with van der Waals surface area (Å²) < 4.78 is 1.12. The molecule has 196 valence electrons. The molecule has 1 aromatic heterocycles. The second kappa shape index (κ2) is 9.87. The van der Waals surface area contributed by atoms with Crippen LogP contribution >= 0.6 is 11.3 Å². The molecule has 38 heavy (non-hydrogen) atoms. The molecular formula is C29H30N4O4S. The van der Waals surface area contributed by atoms with E-state index in [1.54, 1.807) is 22.3 Å². The van der Waals surface area contributed by atoms with E-state index in [9.17, 15) is 19.2 Å². The summed E-state index contributed by atoms with van der Waals surface area (Å²) in [5, 5.41) is 1.10. The average molecular weight is 531 g/mol. The van der Waals surface area contributed by atoms with Crippen LogP contribution in [0.3, 0.4) is 0 Å². The average Bonchev–Trinajstić information content (AvgIpc) is 3.47. The molecule has 3 aliphatic heterocycles. The van der Waals surface area contributed by atoms with Gasteiger partial charge >= 0.3 is 0 Å². The van der Waals surface area contributed by atoms with Crippen molar-refractivity contribution in [1.29, 1.82) is 0 Å². The molecule has 2 aromatic carbocycles. The largest absolute Gasteiger partial charge is 0.370 e. The van der Waals surface area contributed by atoms with Gasteiger partial charge in [0.25, 0.3) is 11.8 Å². The van der Waals surface area contributed by atoms with Gasteiger partial charge in [0.2, 0.25) is 11.8 Å². The van der Waals surface area contributed by atoms with E-state index < -0.39 is 0 Å². The SMILES string of the molecule is NC(=O)C1CCCN(C(=O)C2CCCN(c3cccc4c3C(=O)N(Cc3cc5ccccc5s3)C4=O)C2)C1. The number of imide groups is 1. The number of rotatable bonds is 5. The number of nitrogens with zero attached hydrogens (tertiary/aromatic N) is 3. The molecular weight excluding hydrogens is 500 g/mol. The summed E-state index contributed by atoms with van der Waals surface area (Å²) in [4.78, 5) is 58.2. The lowest BCUT2D eigenvalue weighted by Gasteiger charge is -2.38. The molecule has 0 spiro atoms. The lowest BCUT2D eigenvalue weighted by atomic mass is 9.92. The molecule has 6 rings (SSSR count). The second-order valence-corrected chi connectivity index (χ2v) is 11.6. The maximum Gasteiger partial charge on any atom is 0.264 e. The molecule has 0 saturated carbocycles. The van der Waals surface area contributed by atoms with Crippen molar-refractivity contribution >= 4 is 50.7 Å². The molecule has 3 aliphatic rings. The van der Waals surface area contributed by atoms with E-state index in [2.05, 4.69) is 4.90 Å². The van der Waals surface area contributed by atoms with Gasteiger partial charge in [-0.2, -0.15) is 0 Å². The highest BCUT2D eigenvalue weighted by molar-refractivity contribution is 7.19. The monoisotopic (exact) mass is 530 g/mol. The zero-order valence-electron chi connectivity index (χ0n) is 21.1. The maximum absolute atomic E-state index is 13.6. The predicted molar refractivity (Wildman–Crippen MR) is 146 cm³/mol. The van der Waals surface area contributed by atoms with Crippen LogP contribution in [0.15, 0.2) is 48.5 Å². The summed E-state index contributed by atoms with van der Waals surface area (Å²) in [6, 6.07) is 15.5. The predicted octanol–water partition coefficient (Wildman–Crippen LogP) is 3.64. The normalized spacial score (nSPS) is 21.7. The maximum atomic E-state index is 13.6. The Morgan fingerprint density at radius 3 is 2.53 bits per heavy atom. The van der Waals surface area contributed by atoms with Gasteiger partial charge in [-0.3, -0.25) is 24.1 Å². The lowest BCUT2D eigenvalue weighted by molar-refractivity contribution is -0.139. The number of hydrogen-bond donors (Lipinski definition) is 1. The van der Waals surface area contributed by atoms with Gasteiger partial charge in [-0.05, 0) is 55.3 Å². The highest BCUT2D eigenvalue weighted by atomic mass is 32.1. The van der Waals surface area contributed by atoms with Crippen LogP contribution in [0.25, 0.3) is 10.1 Å². The number of likely N-dealkylation sites (tertiary alicyclic amines) is 1. The van der Waals surface area contributed by atoms with Crippen molar-refractivity contribution in [2.24, 2.45) is 17.6 Å². The number of carbonyl (C=O) groups is 4. The molecule has 8 nitrogen and oxygen atoms in total. The quantitative estimate of drug-likeness (QED) is 0.508. The molecule has 2 fully saturated rings. The third kappa shape index (κ3) is 4.34. The van der Waals surface area contributed by atoms with Crippen molar-refractivity contribution in [2.75, 3.05) is 31.1 Å². The minimum atomic E-state index is -0.351. The Morgan fingerprint density at radius 1 is 0.921 bits per heavy atom. The van der Waals surface area contributed by atoms with Gasteiger partial charge in [0, 0.05) is 35.8 Å². The highest BCUT2D eigenvalue weighted by Crippen LogP contribution is 2.36. The Labute approximate surface area is 225 Å². The van der Waals surface area contributed by atoms with E-state index in [0.717, 1.165) is 40.6 Å². The first-order chi connectivity index (χ1) is 18.4. The van der Waals surface area contributed by atoms with E-state index in [1.165, 1.54) is 4.90 Å². The number of primary amides is 1. The van der Waals surface area contributed by atoms with Crippen LogP contribution < -0.4 is 10.6 Å². The van der Waals surface area contributed by atoms with Crippen molar-refractivity contribution in [2.45, 2.75) is 32.2 Å². The highest BCUT2D eigenvalue weighted by Gasteiger charge is 2.40. The minimum absolute atomic E-state index is 0.0435. The standard InChI is InChI=1S/C29H30N4O4S/c30-26(34)19-7-4-13-32(15-19)27(35)20-8-5-12-31(16-20)23-10-3-9-22-25(23)29(37)33(28(22)36)17-21-14-18-6-1-2-11-24(18)38-21/h1-3,6,9-11,14,19-20H,4-5,7-8,12-13,15-17H2,(H2,30,34). The zero-order valence-corrected chi connectivity index (χ0v) is 21.9. The first-order valence-corrected chi connectivity index (χ1v) is 14.0. The Morgan fingerprint density at radius 2 is 1.71 bits per heavy atom. The third-order valence-electron chi connectivity index (χ3n) is 8.01. The Hall–Kier alpha value is -3.72. The number of fused-ring (bicyclic) bond motifs is 2. The van der Waals surface area contributed by atoms with Gasteiger partial charge in [-0.25, -0.2) is 0 Å². The van der Waals surface area contributed by atoms with Crippen LogP contribution in [0.2, 0.25) is 0 Å². The third-order valence-corrected chi connectivity index (χ3v) is 9.12. The van der Waals surface area contributed by atoms with Crippen molar-refractivity contribution < 1.29 is 19.2 Å². The van der Waals surface area contributed by atoms with Crippen LogP contribution in [-0.2, 0) is 16.1 Å². The van der Waals surface area contributed by atoms with Crippen LogP contribution in [0.5, 0.6) is 0 Å². The van der Waals surface area contributed by atoms with Gasteiger partial charge < -0.3 is 15.5 Å². The lowest BCUT2D eigenvalue weighted by Crippen LogP contribution is -2.49. The number of thiophene rings is 1. The van der Waals surface area contributed by atoms with Gasteiger partial charge in [0.05, 0.1) is 35.2 Å². The van der Waals surface area contributed by atoms with E-state index >= 15 is 0 Å². The van der Waals surface area contributed by atoms with Gasteiger partial charge in [0.1, 0.15) is 0 Å². The number of hydrogen-bond acceptors (Lipinski definition) is 6. The molecule has 2 atom stereocenters. The van der Waals surface area contributed by atoms with E-state index in [-0.39, 0.29) is 42.0 Å². The summed E-state index contributed by atoms with van der Waals surface area (Å²) in [5.74, 6) is -1.39. The van der Waals surface area contributed by atoms with Gasteiger partial charge in [0.15, 0.2) is 0 Å². The molecule has 2 unspecified atom stereocenters. The van der Waals surface area contributed by atoms with E-state index in [4.69, 9.17) is 5.73 Å². The van der Waals surface area contributed by atoms with Crippen LogP contribution in [0, 0.1) is 11.8 Å². The molecule has 0 radical (unpaired) electrons. The number of amides is 4. The molecule has 4 heterocycles. The van der Waals surface area contributed by atoms with Crippen molar-refractivity contribution in [1.82, 2.24) is 9.80 Å². The summed E-state index contributed by atoms with van der Waals surface area (Å²) >= 11 is 1.59. The molecule has 0 bridgehead atoms.